The lowest BCUT2D eigenvalue weighted by molar-refractivity contribution is 0.00672. The number of nitrogens with one attached hydrogen (secondary N) is 1. The molecule has 1 unspecified atom stereocenters. The molecule has 0 saturated carbocycles. The van der Waals surface area contributed by atoms with Crippen LogP contribution in [0.3, 0.4) is 0 Å². The highest BCUT2D eigenvalue weighted by atomic mass is 19.1. The number of morpholine rings is 1. The van der Waals surface area contributed by atoms with Crippen molar-refractivity contribution in [1.82, 2.24) is 10.2 Å². The summed E-state index contributed by atoms with van der Waals surface area (Å²) in [5.41, 5.74) is 0.0991. The number of amides is 1. The fourth-order valence-electron chi connectivity index (χ4n) is 2.63. The quantitative estimate of drug-likeness (QED) is 0.902. The van der Waals surface area contributed by atoms with E-state index in [4.69, 9.17) is 4.74 Å². The predicted molar refractivity (Wildman–Crippen MR) is 79.8 cm³/mol. The van der Waals surface area contributed by atoms with Gasteiger partial charge in [0.05, 0.1) is 18.8 Å². The lowest BCUT2D eigenvalue weighted by atomic mass is 10.0. The molecule has 1 amide bonds. The summed E-state index contributed by atoms with van der Waals surface area (Å²) in [6.07, 6.45) is 0. The molecule has 1 aromatic rings. The summed E-state index contributed by atoms with van der Waals surface area (Å²) in [5, 5.41) is 2.86. The van der Waals surface area contributed by atoms with Gasteiger partial charge < -0.3 is 10.1 Å². The molecule has 0 bridgehead atoms. The Kier molecular flexibility index (Phi) is 5.70. The summed E-state index contributed by atoms with van der Waals surface area (Å²) < 4.78 is 19.0. The SMILES string of the molecule is CC(C)C(CNC(=O)c1ccccc1F)N1CCOCC1. The topological polar surface area (TPSA) is 41.6 Å². The fourth-order valence-corrected chi connectivity index (χ4v) is 2.63. The van der Waals surface area contributed by atoms with Gasteiger partial charge >= 0.3 is 0 Å². The van der Waals surface area contributed by atoms with Gasteiger partial charge in [0.15, 0.2) is 0 Å². The van der Waals surface area contributed by atoms with Crippen LogP contribution in [0, 0.1) is 11.7 Å². The smallest absolute Gasteiger partial charge is 0.254 e. The summed E-state index contributed by atoms with van der Waals surface area (Å²) in [7, 11) is 0. The number of carbonyl (C=O) groups is 1. The van der Waals surface area contributed by atoms with E-state index in [-0.39, 0.29) is 17.5 Å². The Morgan fingerprint density at radius 2 is 2.00 bits per heavy atom. The maximum absolute atomic E-state index is 13.6. The lowest BCUT2D eigenvalue weighted by Gasteiger charge is -2.36. The van der Waals surface area contributed by atoms with Crippen LogP contribution >= 0.6 is 0 Å². The number of hydrogen-bond donors (Lipinski definition) is 1. The third kappa shape index (κ3) is 4.25. The van der Waals surface area contributed by atoms with Crippen LogP contribution in [0.15, 0.2) is 24.3 Å². The number of hydrogen-bond acceptors (Lipinski definition) is 3. The zero-order valence-corrected chi connectivity index (χ0v) is 12.6. The van der Waals surface area contributed by atoms with Crippen LogP contribution in [0.5, 0.6) is 0 Å². The fraction of sp³-hybridized carbons (Fsp3) is 0.562. The van der Waals surface area contributed by atoms with Crippen LogP contribution in [0.25, 0.3) is 0 Å². The van der Waals surface area contributed by atoms with E-state index in [2.05, 4.69) is 24.1 Å². The standard InChI is InChI=1S/C16H23FN2O2/c1-12(2)15(19-7-9-21-10-8-19)11-18-16(20)13-5-3-4-6-14(13)17/h3-6,12,15H,7-11H2,1-2H3,(H,18,20). The van der Waals surface area contributed by atoms with Crippen molar-refractivity contribution in [2.24, 2.45) is 5.92 Å². The van der Waals surface area contributed by atoms with Crippen LogP contribution < -0.4 is 5.32 Å². The van der Waals surface area contributed by atoms with Crippen LogP contribution in [-0.2, 0) is 4.74 Å². The largest absolute Gasteiger partial charge is 0.379 e. The van der Waals surface area contributed by atoms with Crippen LogP contribution in [-0.4, -0.2) is 49.7 Å². The average Bonchev–Trinajstić information content (AvgIpc) is 2.48. The third-order valence-electron chi connectivity index (χ3n) is 3.87. The first-order valence-electron chi connectivity index (χ1n) is 7.44. The summed E-state index contributed by atoms with van der Waals surface area (Å²) in [6, 6.07) is 6.29. The summed E-state index contributed by atoms with van der Waals surface area (Å²) in [6.45, 7) is 7.99. The molecule has 0 aromatic heterocycles. The molecular formula is C16H23FN2O2. The molecule has 5 heteroatoms. The molecule has 4 nitrogen and oxygen atoms in total. The normalized spacial score (nSPS) is 17.7. The van der Waals surface area contributed by atoms with Crippen LogP contribution in [0.2, 0.25) is 0 Å². The molecule has 0 spiro atoms. The Labute approximate surface area is 125 Å². The molecule has 1 heterocycles. The van der Waals surface area contributed by atoms with E-state index in [9.17, 15) is 9.18 Å². The highest BCUT2D eigenvalue weighted by Gasteiger charge is 2.24. The van der Waals surface area contributed by atoms with E-state index in [0.717, 1.165) is 26.3 Å². The van der Waals surface area contributed by atoms with Gasteiger partial charge in [0.25, 0.3) is 5.91 Å². The average molecular weight is 294 g/mol. The van der Waals surface area contributed by atoms with E-state index in [1.54, 1.807) is 12.1 Å². The third-order valence-corrected chi connectivity index (χ3v) is 3.87. The summed E-state index contributed by atoms with van der Waals surface area (Å²) in [4.78, 5) is 14.4. The van der Waals surface area contributed by atoms with E-state index in [0.29, 0.717) is 12.5 Å². The molecule has 1 atom stereocenters. The molecule has 1 N–H and O–H groups in total. The number of benzene rings is 1. The second-order valence-corrected chi connectivity index (χ2v) is 5.65. The zero-order valence-electron chi connectivity index (χ0n) is 12.6. The summed E-state index contributed by atoms with van der Waals surface area (Å²) in [5.74, 6) is -0.432. The van der Waals surface area contributed by atoms with Crippen LogP contribution in [0.1, 0.15) is 24.2 Å². The van der Waals surface area contributed by atoms with Crippen molar-refractivity contribution >= 4 is 5.91 Å². The first-order valence-corrected chi connectivity index (χ1v) is 7.44. The predicted octanol–water partition coefficient (Wildman–Crippen LogP) is 1.91. The first-order chi connectivity index (χ1) is 10.1. The Balaban J connectivity index is 1.95. The molecule has 2 rings (SSSR count). The van der Waals surface area contributed by atoms with E-state index >= 15 is 0 Å². The summed E-state index contributed by atoms with van der Waals surface area (Å²) >= 11 is 0. The van der Waals surface area contributed by atoms with Crippen molar-refractivity contribution in [3.8, 4) is 0 Å². The van der Waals surface area contributed by atoms with Crippen molar-refractivity contribution in [3.05, 3.63) is 35.6 Å². The molecule has 116 valence electrons. The molecule has 1 aliphatic heterocycles. The molecular weight excluding hydrogens is 271 g/mol. The van der Waals surface area contributed by atoms with Gasteiger partial charge in [-0.2, -0.15) is 0 Å². The van der Waals surface area contributed by atoms with Gasteiger partial charge in [-0.05, 0) is 18.1 Å². The van der Waals surface area contributed by atoms with E-state index in [1.807, 2.05) is 0 Å². The number of ether oxygens (including phenoxy) is 1. The minimum atomic E-state index is -0.484. The Hall–Kier alpha value is -1.46. The molecule has 1 fully saturated rings. The molecule has 0 aliphatic carbocycles. The van der Waals surface area contributed by atoms with Gasteiger partial charge in [0, 0.05) is 25.7 Å². The van der Waals surface area contributed by atoms with Crippen molar-refractivity contribution in [2.75, 3.05) is 32.8 Å². The molecule has 21 heavy (non-hydrogen) atoms. The molecule has 1 aromatic carbocycles. The second-order valence-electron chi connectivity index (χ2n) is 5.65. The van der Waals surface area contributed by atoms with Crippen LogP contribution in [0.4, 0.5) is 4.39 Å². The van der Waals surface area contributed by atoms with Gasteiger partial charge in [-0.3, -0.25) is 9.69 Å². The Bertz CT molecular complexity index is 473. The number of carbonyl (C=O) groups excluding carboxylic acids is 1. The molecule has 1 saturated heterocycles. The van der Waals surface area contributed by atoms with Gasteiger partial charge in [-0.25, -0.2) is 4.39 Å². The van der Waals surface area contributed by atoms with Crippen molar-refractivity contribution in [1.29, 1.82) is 0 Å². The lowest BCUT2D eigenvalue weighted by Crippen LogP contribution is -2.51. The van der Waals surface area contributed by atoms with Gasteiger partial charge in [0.1, 0.15) is 5.82 Å². The van der Waals surface area contributed by atoms with Gasteiger partial charge in [-0.1, -0.05) is 26.0 Å². The highest BCUT2D eigenvalue weighted by Crippen LogP contribution is 2.13. The second kappa shape index (κ2) is 7.52. The number of rotatable bonds is 5. The minimum Gasteiger partial charge on any atom is -0.379 e. The van der Waals surface area contributed by atoms with Crippen molar-refractivity contribution in [3.63, 3.8) is 0 Å². The monoisotopic (exact) mass is 294 g/mol. The molecule has 1 aliphatic rings. The Morgan fingerprint density at radius 3 is 2.62 bits per heavy atom. The van der Waals surface area contributed by atoms with Gasteiger partial charge in [-0.15, -0.1) is 0 Å². The van der Waals surface area contributed by atoms with Crippen molar-refractivity contribution in [2.45, 2.75) is 19.9 Å². The van der Waals surface area contributed by atoms with E-state index < -0.39 is 5.82 Å². The highest BCUT2D eigenvalue weighted by molar-refractivity contribution is 5.94. The first kappa shape index (κ1) is 15.9. The number of halogens is 1. The van der Waals surface area contributed by atoms with Crippen molar-refractivity contribution < 1.29 is 13.9 Å². The molecule has 0 radical (unpaired) electrons. The zero-order chi connectivity index (χ0) is 15.2. The minimum absolute atomic E-state index is 0.0991. The maximum Gasteiger partial charge on any atom is 0.254 e. The van der Waals surface area contributed by atoms with E-state index in [1.165, 1.54) is 12.1 Å². The van der Waals surface area contributed by atoms with Gasteiger partial charge in [0.2, 0.25) is 0 Å². The Morgan fingerprint density at radius 1 is 1.33 bits per heavy atom. The number of nitrogens with zero attached hydrogens (tertiary/aromatic N) is 1. The maximum atomic E-state index is 13.6.